The van der Waals surface area contributed by atoms with Crippen LogP contribution in [0.5, 0.6) is 0 Å². The van der Waals surface area contributed by atoms with E-state index in [9.17, 15) is 9.59 Å². The fourth-order valence-electron chi connectivity index (χ4n) is 6.18. The molecule has 0 aromatic heterocycles. The molecule has 3 saturated heterocycles. The van der Waals surface area contributed by atoms with Crippen LogP contribution < -0.4 is 0 Å². The van der Waals surface area contributed by atoms with Gasteiger partial charge in [0.2, 0.25) is 11.8 Å². The lowest BCUT2D eigenvalue weighted by Gasteiger charge is -2.57. The third kappa shape index (κ3) is 4.16. The lowest BCUT2D eigenvalue weighted by molar-refractivity contribution is -0.180. The predicted octanol–water partition coefficient (Wildman–Crippen LogP) is 6.10. The van der Waals surface area contributed by atoms with Gasteiger partial charge >= 0.3 is 0 Å². The molecule has 3 aliphatic rings. The average Bonchev–Trinajstić information content (AvgIpc) is 2.89. The number of benzene rings is 3. The van der Waals surface area contributed by atoms with Gasteiger partial charge in [0.05, 0.1) is 12.1 Å². The fraction of sp³-hybridized carbons (Fsp3) is 0.355. The molecule has 180 valence electrons. The maximum atomic E-state index is 14.7. The van der Waals surface area contributed by atoms with Crippen LogP contribution in [-0.4, -0.2) is 33.2 Å². The van der Waals surface area contributed by atoms with Crippen molar-refractivity contribution in [3.8, 4) is 0 Å². The topological polar surface area (TPSA) is 40.6 Å². The number of carbonyl (C=O) groups is 2. The van der Waals surface area contributed by atoms with Crippen LogP contribution in [0, 0.1) is 0 Å². The molecule has 4 nitrogen and oxygen atoms in total. The van der Waals surface area contributed by atoms with E-state index in [0.717, 1.165) is 29.5 Å². The average molecular weight is 467 g/mol. The summed E-state index contributed by atoms with van der Waals surface area (Å²) in [6, 6.07) is 29.6. The first-order chi connectivity index (χ1) is 17.0. The smallest absolute Gasteiger partial charge is 0.250 e. The molecule has 4 atom stereocenters. The van der Waals surface area contributed by atoms with Crippen LogP contribution in [0.25, 0.3) is 0 Å². The molecular weight excluding hydrogens is 432 g/mol. The quantitative estimate of drug-likeness (QED) is 0.440. The van der Waals surface area contributed by atoms with Gasteiger partial charge in [-0.25, -0.2) is 0 Å². The van der Waals surface area contributed by atoms with Gasteiger partial charge in [0.15, 0.2) is 0 Å². The lowest BCUT2D eigenvalue weighted by atomic mass is 9.75. The van der Waals surface area contributed by atoms with E-state index in [4.69, 9.17) is 0 Å². The second-order valence-corrected chi connectivity index (χ2v) is 10.0. The summed E-state index contributed by atoms with van der Waals surface area (Å²) >= 11 is 0. The van der Waals surface area contributed by atoms with Gasteiger partial charge < -0.3 is 9.80 Å². The number of amides is 2. The second-order valence-electron chi connectivity index (χ2n) is 10.0. The molecule has 3 aromatic rings. The van der Waals surface area contributed by atoms with E-state index in [1.807, 2.05) is 64.4 Å². The van der Waals surface area contributed by atoms with Crippen molar-refractivity contribution in [3.63, 3.8) is 0 Å². The van der Waals surface area contributed by atoms with Gasteiger partial charge in [-0.2, -0.15) is 0 Å². The molecule has 3 fully saturated rings. The summed E-state index contributed by atoms with van der Waals surface area (Å²) in [4.78, 5) is 33.0. The molecule has 3 heterocycles. The first-order valence-electron chi connectivity index (χ1n) is 12.8. The number of rotatable bonds is 6. The van der Waals surface area contributed by atoms with Crippen molar-refractivity contribution in [2.45, 2.75) is 69.6 Å². The van der Waals surface area contributed by atoms with Crippen LogP contribution in [0.1, 0.15) is 68.3 Å². The van der Waals surface area contributed by atoms with E-state index in [0.29, 0.717) is 19.3 Å². The molecule has 4 heteroatoms. The Bertz CT molecular complexity index is 1160. The van der Waals surface area contributed by atoms with Crippen LogP contribution >= 0.6 is 0 Å². The highest BCUT2D eigenvalue weighted by atomic mass is 16.2. The molecule has 3 aliphatic heterocycles. The molecule has 0 radical (unpaired) electrons. The minimum Gasteiger partial charge on any atom is -0.322 e. The van der Waals surface area contributed by atoms with Gasteiger partial charge in [-0.1, -0.05) is 104 Å². The molecule has 0 spiro atoms. The Hall–Kier alpha value is -3.40. The lowest BCUT2D eigenvalue weighted by Crippen LogP contribution is -2.73. The van der Waals surface area contributed by atoms with Crippen LogP contribution in [0.15, 0.2) is 91.0 Å². The van der Waals surface area contributed by atoms with Crippen molar-refractivity contribution in [1.82, 2.24) is 9.80 Å². The molecule has 0 unspecified atom stereocenters. The van der Waals surface area contributed by atoms with Gasteiger partial charge in [-0.05, 0) is 43.4 Å². The summed E-state index contributed by atoms with van der Waals surface area (Å²) in [6.07, 6.45) is 3.80. The molecule has 35 heavy (non-hydrogen) atoms. The van der Waals surface area contributed by atoms with Crippen molar-refractivity contribution in [1.29, 1.82) is 0 Å². The molecule has 0 aliphatic carbocycles. The maximum Gasteiger partial charge on any atom is 0.250 e. The number of nitrogens with zero attached hydrogens (tertiary/aromatic N) is 2. The zero-order valence-corrected chi connectivity index (χ0v) is 20.6. The Morgan fingerprint density at radius 1 is 0.771 bits per heavy atom. The minimum atomic E-state index is -0.909. The van der Waals surface area contributed by atoms with Gasteiger partial charge in [0.25, 0.3) is 0 Å². The maximum absolute atomic E-state index is 14.7. The Kier molecular flexibility index (Phi) is 6.46. The van der Waals surface area contributed by atoms with Gasteiger partial charge in [0, 0.05) is 6.42 Å². The largest absolute Gasteiger partial charge is 0.322 e. The van der Waals surface area contributed by atoms with Crippen molar-refractivity contribution in [3.05, 3.63) is 108 Å². The molecule has 2 amide bonds. The number of hydrogen-bond acceptors (Lipinski definition) is 2. The predicted molar refractivity (Wildman–Crippen MR) is 139 cm³/mol. The monoisotopic (exact) mass is 466 g/mol. The minimum absolute atomic E-state index is 0.0827. The van der Waals surface area contributed by atoms with Crippen molar-refractivity contribution < 1.29 is 9.59 Å². The molecule has 0 N–H and O–H groups in total. The van der Waals surface area contributed by atoms with Gasteiger partial charge in [-0.3, -0.25) is 9.59 Å². The highest BCUT2D eigenvalue weighted by Crippen LogP contribution is 2.45. The fourth-order valence-corrected chi connectivity index (χ4v) is 6.18. The van der Waals surface area contributed by atoms with Gasteiger partial charge in [0.1, 0.15) is 11.6 Å². The van der Waals surface area contributed by atoms with Gasteiger partial charge in [-0.15, -0.1) is 0 Å². The summed E-state index contributed by atoms with van der Waals surface area (Å²) in [5.74, 6) is 0.171. The highest BCUT2D eigenvalue weighted by Gasteiger charge is 2.58. The third-order valence-electron chi connectivity index (χ3n) is 7.98. The van der Waals surface area contributed by atoms with Crippen molar-refractivity contribution >= 4 is 11.8 Å². The van der Waals surface area contributed by atoms with Crippen molar-refractivity contribution in [2.75, 3.05) is 0 Å². The standard InChI is InChI=1S/C31H34N2O2/c1-23(26-16-8-4-9-17-26)32-28-20-12-13-21-31(30(32)35,22-25-14-6-3-7-15-25)33(29(28)34)24(2)27-18-10-5-11-19-27/h3-11,14-19,23-24,28H,12-13,20-22H2,1-2H3/t23-,24-,28-,31+/m0/s1. The number of piperazine rings is 1. The van der Waals surface area contributed by atoms with Crippen LogP contribution in [0.4, 0.5) is 0 Å². The zero-order chi connectivity index (χ0) is 24.4. The molecule has 0 saturated carbocycles. The molecule has 6 rings (SSSR count). The van der Waals surface area contributed by atoms with E-state index in [1.165, 1.54) is 0 Å². The Labute approximate surface area is 208 Å². The van der Waals surface area contributed by atoms with Crippen LogP contribution in [0.3, 0.4) is 0 Å². The van der Waals surface area contributed by atoms with E-state index in [2.05, 4.69) is 50.2 Å². The number of hydrogen-bond donors (Lipinski definition) is 0. The molecule has 3 aromatic carbocycles. The van der Waals surface area contributed by atoms with Crippen LogP contribution in [-0.2, 0) is 16.0 Å². The van der Waals surface area contributed by atoms with E-state index >= 15 is 0 Å². The summed E-state index contributed by atoms with van der Waals surface area (Å²) in [6.45, 7) is 4.15. The summed E-state index contributed by atoms with van der Waals surface area (Å²) in [5, 5.41) is 0. The Morgan fingerprint density at radius 2 is 1.31 bits per heavy atom. The summed E-state index contributed by atoms with van der Waals surface area (Å²) in [7, 11) is 0. The summed E-state index contributed by atoms with van der Waals surface area (Å²) in [5.41, 5.74) is 2.31. The van der Waals surface area contributed by atoms with E-state index < -0.39 is 11.6 Å². The normalized spacial score (nSPS) is 24.1. The Morgan fingerprint density at radius 3 is 1.91 bits per heavy atom. The van der Waals surface area contributed by atoms with E-state index in [-0.39, 0.29) is 23.9 Å². The number of fused-ring (bicyclic) bond motifs is 5. The first kappa shape index (κ1) is 23.3. The van der Waals surface area contributed by atoms with Crippen LogP contribution in [0.2, 0.25) is 0 Å². The first-order valence-corrected chi connectivity index (χ1v) is 12.8. The highest BCUT2D eigenvalue weighted by molar-refractivity contribution is 6.00. The Balaban J connectivity index is 1.65. The molecular formula is C31H34N2O2. The summed E-state index contributed by atoms with van der Waals surface area (Å²) < 4.78 is 0. The molecule has 2 bridgehead atoms. The number of carbonyl (C=O) groups excluding carboxylic acids is 2. The zero-order valence-electron chi connectivity index (χ0n) is 20.6. The van der Waals surface area contributed by atoms with Crippen molar-refractivity contribution in [2.24, 2.45) is 0 Å². The second kappa shape index (κ2) is 9.69. The third-order valence-corrected chi connectivity index (χ3v) is 7.98. The SMILES string of the molecule is C[C@@H](c1ccccc1)N1C(=O)[C@]2(Cc3ccccc3)CCCC[C@H]1C(=O)N2[C@@H](C)c1ccccc1. The van der Waals surface area contributed by atoms with E-state index in [1.54, 1.807) is 0 Å².